The maximum Gasteiger partial charge on any atom is 0.291 e. The second-order valence-corrected chi connectivity index (χ2v) is 3.72. The molecule has 0 bridgehead atoms. The largest absolute Gasteiger partial charge is 0.359 e. The van der Waals surface area contributed by atoms with Gasteiger partial charge in [0.25, 0.3) is 5.24 Å². The van der Waals surface area contributed by atoms with Gasteiger partial charge in [-0.05, 0) is 12.8 Å². The molecule has 0 aromatic carbocycles. The van der Waals surface area contributed by atoms with E-state index in [-0.39, 0.29) is 5.24 Å². The van der Waals surface area contributed by atoms with Crippen molar-refractivity contribution in [2.75, 3.05) is 0 Å². The Balaban J connectivity index is 2.09. The summed E-state index contributed by atoms with van der Waals surface area (Å²) in [4.78, 5) is 10.4. The molecule has 1 saturated carbocycles. The summed E-state index contributed by atoms with van der Waals surface area (Å²) in [5, 5.41) is -0.337. The minimum Gasteiger partial charge on any atom is -0.359 e. The van der Waals surface area contributed by atoms with E-state index in [9.17, 15) is 4.79 Å². The molecule has 0 aromatic rings. The number of carbonyl (C=O) groups is 1. The Labute approximate surface area is 71.2 Å². The van der Waals surface area contributed by atoms with E-state index in [0.717, 1.165) is 11.9 Å². The van der Waals surface area contributed by atoms with Crippen LogP contribution in [-0.4, -0.2) is 11.3 Å². The lowest BCUT2D eigenvalue weighted by Crippen LogP contribution is -2.27. The molecule has 0 unspecified atom stereocenters. The van der Waals surface area contributed by atoms with Gasteiger partial charge in [0.2, 0.25) is 0 Å². The average molecular weight is 174 g/mol. The van der Waals surface area contributed by atoms with Crippen LogP contribution in [0.15, 0.2) is 0 Å². The molecule has 0 heterocycles. The van der Waals surface area contributed by atoms with E-state index < -0.39 is 0 Å². The van der Waals surface area contributed by atoms with E-state index in [1.807, 2.05) is 0 Å². The van der Waals surface area contributed by atoms with E-state index in [0.29, 0.717) is 6.04 Å². The lowest BCUT2D eigenvalue weighted by atomic mass is 9.96. The van der Waals surface area contributed by atoms with Crippen LogP contribution in [0.1, 0.15) is 32.1 Å². The third-order valence-electron chi connectivity index (χ3n) is 1.93. The van der Waals surface area contributed by atoms with Crippen LogP contribution in [0.2, 0.25) is 0 Å². The van der Waals surface area contributed by atoms with E-state index in [2.05, 4.69) is 4.72 Å². The number of nitrogens with two attached hydrogens (primary N) is 1. The van der Waals surface area contributed by atoms with Gasteiger partial charge in [-0.25, -0.2) is 0 Å². The van der Waals surface area contributed by atoms with Crippen molar-refractivity contribution in [2.24, 2.45) is 5.73 Å². The SMILES string of the molecule is NC(=O)SNC1CCCCC1. The summed E-state index contributed by atoms with van der Waals surface area (Å²) < 4.78 is 3.06. The maximum absolute atomic E-state index is 10.4. The summed E-state index contributed by atoms with van der Waals surface area (Å²) in [6.45, 7) is 0. The van der Waals surface area contributed by atoms with Crippen LogP contribution in [0.4, 0.5) is 4.79 Å². The number of hydrogen-bond acceptors (Lipinski definition) is 3. The summed E-state index contributed by atoms with van der Waals surface area (Å²) in [5.74, 6) is 0. The smallest absolute Gasteiger partial charge is 0.291 e. The van der Waals surface area contributed by atoms with Crippen molar-refractivity contribution in [1.82, 2.24) is 4.72 Å². The van der Waals surface area contributed by atoms with Crippen molar-refractivity contribution in [3.05, 3.63) is 0 Å². The van der Waals surface area contributed by atoms with Gasteiger partial charge in [0.05, 0.1) is 0 Å². The van der Waals surface area contributed by atoms with E-state index in [1.54, 1.807) is 0 Å². The zero-order chi connectivity index (χ0) is 8.10. The zero-order valence-electron chi connectivity index (χ0n) is 6.51. The van der Waals surface area contributed by atoms with Crippen molar-refractivity contribution in [1.29, 1.82) is 0 Å². The van der Waals surface area contributed by atoms with Crippen LogP contribution >= 0.6 is 11.9 Å². The predicted octanol–water partition coefficient (Wildman–Crippen LogP) is 1.64. The summed E-state index contributed by atoms with van der Waals surface area (Å²) in [6, 6.07) is 0.501. The topological polar surface area (TPSA) is 55.1 Å². The van der Waals surface area contributed by atoms with Gasteiger partial charge in [-0.15, -0.1) is 0 Å². The Morgan fingerprint density at radius 2 is 2.00 bits per heavy atom. The van der Waals surface area contributed by atoms with Crippen molar-refractivity contribution >= 4 is 17.2 Å². The molecular formula is C7H14N2OS. The summed E-state index contributed by atoms with van der Waals surface area (Å²) >= 11 is 1.03. The molecule has 4 heteroatoms. The second-order valence-electron chi connectivity index (χ2n) is 2.87. The lowest BCUT2D eigenvalue weighted by molar-refractivity contribution is 0.267. The summed E-state index contributed by atoms with van der Waals surface area (Å²) in [5.41, 5.74) is 4.97. The molecule has 1 aliphatic rings. The van der Waals surface area contributed by atoms with Gasteiger partial charge in [0.1, 0.15) is 0 Å². The Morgan fingerprint density at radius 3 is 2.55 bits per heavy atom. The molecule has 0 aliphatic heterocycles. The molecule has 0 aromatic heterocycles. The van der Waals surface area contributed by atoms with Gasteiger partial charge < -0.3 is 5.73 Å². The minimum absolute atomic E-state index is 0.337. The molecule has 0 saturated heterocycles. The van der Waals surface area contributed by atoms with Gasteiger partial charge in [0.15, 0.2) is 0 Å². The van der Waals surface area contributed by atoms with Gasteiger partial charge in [-0.1, -0.05) is 19.3 Å². The molecule has 11 heavy (non-hydrogen) atoms. The van der Waals surface area contributed by atoms with Gasteiger partial charge in [-0.3, -0.25) is 9.52 Å². The molecule has 1 rings (SSSR count). The van der Waals surface area contributed by atoms with Crippen LogP contribution < -0.4 is 10.5 Å². The van der Waals surface area contributed by atoms with Crippen LogP contribution in [0, 0.1) is 0 Å². The van der Waals surface area contributed by atoms with Crippen molar-refractivity contribution in [3.8, 4) is 0 Å². The molecule has 0 atom stereocenters. The fourth-order valence-corrected chi connectivity index (χ4v) is 1.88. The predicted molar refractivity (Wildman–Crippen MR) is 47.2 cm³/mol. The highest BCUT2D eigenvalue weighted by Gasteiger charge is 2.13. The molecule has 1 aliphatic carbocycles. The van der Waals surface area contributed by atoms with Crippen molar-refractivity contribution in [3.63, 3.8) is 0 Å². The number of primary amides is 1. The first-order valence-electron chi connectivity index (χ1n) is 4.01. The normalized spacial score (nSPS) is 20.0. The first-order valence-corrected chi connectivity index (χ1v) is 4.82. The molecule has 0 radical (unpaired) electrons. The molecule has 3 nitrogen and oxygen atoms in total. The number of carbonyl (C=O) groups excluding carboxylic acids is 1. The monoisotopic (exact) mass is 174 g/mol. The van der Waals surface area contributed by atoms with E-state index >= 15 is 0 Å². The molecule has 3 N–H and O–H groups in total. The highest BCUT2D eigenvalue weighted by atomic mass is 32.2. The summed E-state index contributed by atoms with van der Waals surface area (Å²) in [7, 11) is 0. The minimum atomic E-state index is -0.337. The van der Waals surface area contributed by atoms with Crippen LogP contribution in [0.5, 0.6) is 0 Å². The fraction of sp³-hybridized carbons (Fsp3) is 0.857. The number of nitrogens with one attached hydrogen (secondary N) is 1. The fourth-order valence-electron chi connectivity index (χ4n) is 1.36. The number of rotatable bonds is 2. The van der Waals surface area contributed by atoms with E-state index in [4.69, 9.17) is 5.73 Å². The van der Waals surface area contributed by atoms with Crippen LogP contribution in [-0.2, 0) is 0 Å². The first-order chi connectivity index (χ1) is 5.29. The molecular weight excluding hydrogens is 160 g/mol. The van der Waals surface area contributed by atoms with Crippen LogP contribution in [0.25, 0.3) is 0 Å². The number of amides is 1. The third-order valence-corrected chi connectivity index (χ3v) is 2.58. The number of hydrogen-bond donors (Lipinski definition) is 2. The Bertz CT molecular complexity index is 134. The second kappa shape index (κ2) is 4.62. The lowest BCUT2D eigenvalue weighted by Gasteiger charge is -2.20. The molecule has 1 fully saturated rings. The molecule has 0 spiro atoms. The average Bonchev–Trinajstić information content (AvgIpc) is 2.03. The van der Waals surface area contributed by atoms with Crippen LogP contribution in [0.3, 0.4) is 0 Å². The Hall–Kier alpha value is -0.220. The van der Waals surface area contributed by atoms with E-state index in [1.165, 1.54) is 32.1 Å². The first kappa shape index (κ1) is 8.87. The van der Waals surface area contributed by atoms with Gasteiger partial charge in [0, 0.05) is 18.0 Å². The Morgan fingerprint density at radius 1 is 1.36 bits per heavy atom. The Kier molecular flexibility index (Phi) is 3.72. The quantitative estimate of drug-likeness (QED) is 0.626. The maximum atomic E-state index is 10.4. The highest BCUT2D eigenvalue weighted by Crippen LogP contribution is 2.18. The van der Waals surface area contributed by atoms with Gasteiger partial charge >= 0.3 is 0 Å². The summed E-state index contributed by atoms with van der Waals surface area (Å²) in [6.07, 6.45) is 6.24. The zero-order valence-corrected chi connectivity index (χ0v) is 7.32. The van der Waals surface area contributed by atoms with Crippen molar-refractivity contribution in [2.45, 2.75) is 38.1 Å². The van der Waals surface area contributed by atoms with Gasteiger partial charge in [-0.2, -0.15) is 0 Å². The third kappa shape index (κ3) is 3.62. The molecule has 1 amide bonds. The highest BCUT2D eigenvalue weighted by molar-refractivity contribution is 8.11. The standard InChI is InChI=1S/C7H14N2OS/c8-7(10)11-9-6-4-2-1-3-5-6/h6,9H,1-5H2,(H2,8,10). The van der Waals surface area contributed by atoms with Crippen molar-refractivity contribution < 1.29 is 4.79 Å². The molecule has 64 valence electrons.